The fourth-order valence-electron chi connectivity index (χ4n) is 3.02. The first-order valence-electron chi connectivity index (χ1n) is 8.09. The monoisotopic (exact) mass is 278 g/mol. The molecule has 1 fully saturated rings. The summed E-state index contributed by atoms with van der Waals surface area (Å²) >= 11 is 0. The molecule has 20 heavy (non-hydrogen) atoms. The van der Waals surface area contributed by atoms with E-state index < -0.39 is 0 Å². The molecule has 2 rings (SSSR count). The Morgan fingerprint density at radius 2 is 2.05 bits per heavy atom. The van der Waals surface area contributed by atoms with E-state index in [2.05, 4.69) is 41.5 Å². The molecule has 0 bridgehead atoms. The number of hydrogen-bond acceptors (Lipinski definition) is 3. The smallest absolute Gasteiger partial charge is 0.205 e. The summed E-state index contributed by atoms with van der Waals surface area (Å²) in [6.07, 6.45) is 11.8. The van der Waals surface area contributed by atoms with Crippen LogP contribution >= 0.6 is 0 Å². The second-order valence-electron chi connectivity index (χ2n) is 6.54. The molecule has 0 aliphatic heterocycles. The standard InChI is InChI=1S/C16H30N4/c1-13(2)15(17)9-11-19(3)16-18-10-12-20(16)14-7-5-4-6-8-14/h10,12-15H,4-9,11,17H2,1-3H3. The first-order valence-corrected chi connectivity index (χ1v) is 8.09. The Balaban J connectivity index is 1.96. The Labute approximate surface area is 123 Å². The predicted molar refractivity (Wildman–Crippen MR) is 85.0 cm³/mol. The summed E-state index contributed by atoms with van der Waals surface area (Å²) in [6, 6.07) is 0.915. The molecule has 1 unspecified atom stereocenters. The average Bonchev–Trinajstić information content (AvgIpc) is 2.94. The number of hydrogen-bond donors (Lipinski definition) is 1. The number of anilines is 1. The van der Waals surface area contributed by atoms with E-state index in [0.717, 1.165) is 18.9 Å². The Bertz CT molecular complexity index is 393. The van der Waals surface area contributed by atoms with Gasteiger partial charge >= 0.3 is 0 Å². The highest BCUT2D eigenvalue weighted by atomic mass is 15.3. The fourth-order valence-corrected chi connectivity index (χ4v) is 3.02. The van der Waals surface area contributed by atoms with Gasteiger partial charge in [0, 0.05) is 38.1 Å². The second-order valence-corrected chi connectivity index (χ2v) is 6.54. The number of nitrogens with two attached hydrogens (primary N) is 1. The van der Waals surface area contributed by atoms with E-state index >= 15 is 0 Å². The van der Waals surface area contributed by atoms with Crippen LogP contribution in [0.5, 0.6) is 0 Å². The molecule has 0 spiro atoms. The molecule has 4 nitrogen and oxygen atoms in total. The summed E-state index contributed by atoms with van der Waals surface area (Å²) in [6.45, 7) is 5.35. The summed E-state index contributed by atoms with van der Waals surface area (Å²) < 4.78 is 2.38. The number of aromatic nitrogens is 2. The van der Waals surface area contributed by atoms with Gasteiger partial charge in [0.05, 0.1) is 0 Å². The lowest BCUT2D eigenvalue weighted by molar-refractivity contribution is 0.353. The summed E-state index contributed by atoms with van der Waals surface area (Å²) in [5.41, 5.74) is 6.15. The molecular formula is C16H30N4. The van der Waals surface area contributed by atoms with E-state index in [-0.39, 0.29) is 6.04 Å². The Morgan fingerprint density at radius 3 is 2.70 bits per heavy atom. The van der Waals surface area contributed by atoms with Crippen molar-refractivity contribution in [3.8, 4) is 0 Å². The van der Waals surface area contributed by atoms with Crippen LogP contribution < -0.4 is 10.6 Å². The van der Waals surface area contributed by atoms with Crippen LogP contribution in [-0.2, 0) is 0 Å². The van der Waals surface area contributed by atoms with Gasteiger partial charge in [-0.2, -0.15) is 0 Å². The van der Waals surface area contributed by atoms with Gasteiger partial charge in [-0.3, -0.25) is 0 Å². The SMILES string of the molecule is CC(C)C(N)CCN(C)c1nccn1C1CCCCC1. The molecule has 114 valence electrons. The van der Waals surface area contributed by atoms with Crippen molar-refractivity contribution in [2.75, 3.05) is 18.5 Å². The molecule has 1 aliphatic carbocycles. The minimum absolute atomic E-state index is 0.274. The van der Waals surface area contributed by atoms with Gasteiger partial charge in [-0.05, 0) is 25.2 Å². The van der Waals surface area contributed by atoms with Gasteiger partial charge in [0.1, 0.15) is 0 Å². The third kappa shape index (κ3) is 3.75. The van der Waals surface area contributed by atoms with Crippen LogP contribution in [0.4, 0.5) is 5.95 Å². The summed E-state index contributed by atoms with van der Waals surface area (Å²) in [4.78, 5) is 6.82. The van der Waals surface area contributed by atoms with Gasteiger partial charge in [0.2, 0.25) is 5.95 Å². The largest absolute Gasteiger partial charge is 0.345 e. The number of nitrogens with zero attached hydrogens (tertiary/aromatic N) is 3. The molecule has 1 aliphatic rings. The van der Waals surface area contributed by atoms with Crippen LogP contribution in [-0.4, -0.2) is 29.2 Å². The van der Waals surface area contributed by atoms with Crippen LogP contribution in [0.3, 0.4) is 0 Å². The van der Waals surface area contributed by atoms with Crippen molar-refractivity contribution in [3.63, 3.8) is 0 Å². The topological polar surface area (TPSA) is 47.1 Å². The Hall–Kier alpha value is -1.03. The van der Waals surface area contributed by atoms with Gasteiger partial charge in [-0.25, -0.2) is 4.98 Å². The van der Waals surface area contributed by atoms with Crippen molar-refractivity contribution in [3.05, 3.63) is 12.4 Å². The van der Waals surface area contributed by atoms with E-state index in [0.29, 0.717) is 12.0 Å². The molecule has 1 saturated carbocycles. The molecule has 1 aromatic rings. The molecular weight excluding hydrogens is 248 g/mol. The molecule has 0 saturated heterocycles. The lowest BCUT2D eigenvalue weighted by Gasteiger charge is -2.28. The van der Waals surface area contributed by atoms with E-state index in [1.165, 1.54) is 32.1 Å². The highest BCUT2D eigenvalue weighted by Gasteiger charge is 2.20. The summed E-state index contributed by atoms with van der Waals surface area (Å²) in [5.74, 6) is 1.65. The van der Waals surface area contributed by atoms with E-state index in [1.807, 2.05) is 6.20 Å². The highest BCUT2D eigenvalue weighted by molar-refractivity contribution is 5.30. The predicted octanol–water partition coefficient (Wildman–Crippen LogP) is 3.20. The van der Waals surface area contributed by atoms with Gasteiger partial charge in [-0.1, -0.05) is 33.1 Å². The van der Waals surface area contributed by atoms with Crippen LogP contribution in [0.2, 0.25) is 0 Å². The quantitative estimate of drug-likeness (QED) is 0.869. The molecule has 1 heterocycles. The van der Waals surface area contributed by atoms with Gasteiger partial charge in [0.15, 0.2) is 0 Å². The Kier molecular flexibility index (Phi) is 5.46. The van der Waals surface area contributed by atoms with Crippen molar-refractivity contribution in [1.82, 2.24) is 9.55 Å². The van der Waals surface area contributed by atoms with Crippen LogP contribution in [0, 0.1) is 5.92 Å². The maximum Gasteiger partial charge on any atom is 0.205 e. The van der Waals surface area contributed by atoms with Gasteiger partial charge < -0.3 is 15.2 Å². The molecule has 4 heteroatoms. The molecule has 0 amide bonds. The first-order chi connectivity index (χ1) is 9.59. The number of rotatable bonds is 6. The minimum atomic E-state index is 0.274. The molecule has 0 aromatic carbocycles. The third-order valence-corrected chi connectivity index (χ3v) is 4.61. The zero-order valence-electron chi connectivity index (χ0n) is 13.3. The van der Waals surface area contributed by atoms with Gasteiger partial charge in [0.25, 0.3) is 0 Å². The summed E-state index contributed by atoms with van der Waals surface area (Å²) in [7, 11) is 2.13. The van der Waals surface area contributed by atoms with Crippen LogP contribution in [0.25, 0.3) is 0 Å². The lowest BCUT2D eigenvalue weighted by Crippen LogP contribution is -2.33. The third-order valence-electron chi connectivity index (χ3n) is 4.61. The van der Waals surface area contributed by atoms with Crippen LogP contribution in [0.15, 0.2) is 12.4 Å². The van der Waals surface area contributed by atoms with Gasteiger partial charge in [-0.15, -0.1) is 0 Å². The zero-order valence-corrected chi connectivity index (χ0v) is 13.3. The average molecular weight is 278 g/mol. The maximum atomic E-state index is 6.15. The highest BCUT2D eigenvalue weighted by Crippen LogP contribution is 2.31. The van der Waals surface area contributed by atoms with Crippen molar-refractivity contribution < 1.29 is 0 Å². The normalized spacial score (nSPS) is 18.4. The lowest BCUT2D eigenvalue weighted by atomic mass is 9.95. The fraction of sp³-hybridized carbons (Fsp3) is 0.812. The van der Waals surface area contributed by atoms with E-state index in [4.69, 9.17) is 5.73 Å². The number of imidazole rings is 1. The van der Waals surface area contributed by atoms with Crippen molar-refractivity contribution in [1.29, 1.82) is 0 Å². The first kappa shape index (κ1) is 15.4. The van der Waals surface area contributed by atoms with Crippen LogP contribution in [0.1, 0.15) is 58.4 Å². The summed E-state index contributed by atoms with van der Waals surface area (Å²) in [5, 5.41) is 0. The molecule has 2 N–H and O–H groups in total. The van der Waals surface area contributed by atoms with E-state index in [1.54, 1.807) is 0 Å². The van der Waals surface area contributed by atoms with E-state index in [9.17, 15) is 0 Å². The zero-order chi connectivity index (χ0) is 14.5. The Morgan fingerprint density at radius 1 is 1.35 bits per heavy atom. The molecule has 1 aromatic heterocycles. The van der Waals surface area contributed by atoms with Crippen molar-refractivity contribution >= 4 is 5.95 Å². The van der Waals surface area contributed by atoms with Crippen molar-refractivity contribution in [2.24, 2.45) is 11.7 Å². The van der Waals surface area contributed by atoms with Crippen molar-refractivity contribution in [2.45, 2.75) is 64.5 Å². The maximum absolute atomic E-state index is 6.15. The minimum Gasteiger partial charge on any atom is -0.345 e. The molecule has 1 atom stereocenters. The molecule has 0 radical (unpaired) electrons. The second kappa shape index (κ2) is 7.11.